The summed E-state index contributed by atoms with van der Waals surface area (Å²) in [4.78, 5) is 32.9. The SMILES string of the molecule is CCC(NC(=O)N(Cc1ccccc1)Cc1cccc(C)n1)C(=O)N(C)C. The van der Waals surface area contributed by atoms with Crippen LogP contribution in [-0.2, 0) is 17.9 Å². The molecule has 2 rings (SSSR count). The summed E-state index contributed by atoms with van der Waals surface area (Å²) >= 11 is 0. The molecule has 0 aliphatic carbocycles. The van der Waals surface area contributed by atoms with E-state index in [0.29, 0.717) is 19.5 Å². The van der Waals surface area contributed by atoms with E-state index < -0.39 is 6.04 Å². The highest BCUT2D eigenvalue weighted by molar-refractivity contribution is 5.86. The van der Waals surface area contributed by atoms with Gasteiger partial charge < -0.3 is 15.1 Å². The van der Waals surface area contributed by atoms with Crippen molar-refractivity contribution in [2.75, 3.05) is 14.1 Å². The minimum Gasteiger partial charge on any atom is -0.347 e. The number of aryl methyl sites for hydroxylation is 1. The fraction of sp³-hybridized carbons (Fsp3) is 0.381. The first kappa shape index (κ1) is 20.4. The van der Waals surface area contributed by atoms with Gasteiger partial charge in [0.2, 0.25) is 5.91 Å². The van der Waals surface area contributed by atoms with Crippen LogP contribution in [0.3, 0.4) is 0 Å². The van der Waals surface area contributed by atoms with Crippen molar-refractivity contribution < 1.29 is 9.59 Å². The zero-order valence-corrected chi connectivity index (χ0v) is 16.5. The van der Waals surface area contributed by atoms with Crippen LogP contribution < -0.4 is 5.32 Å². The quantitative estimate of drug-likeness (QED) is 0.817. The lowest BCUT2D eigenvalue weighted by Gasteiger charge is -2.27. The monoisotopic (exact) mass is 368 g/mol. The van der Waals surface area contributed by atoms with Crippen molar-refractivity contribution in [3.05, 3.63) is 65.5 Å². The van der Waals surface area contributed by atoms with Gasteiger partial charge in [0.25, 0.3) is 0 Å². The standard InChI is InChI=1S/C21H28N4O2/c1-5-19(20(26)24(3)4)23-21(27)25(14-17-11-7-6-8-12-17)15-18-13-9-10-16(2)22-18/h6-13,19H,5,14-15H2,1-4H3,(H,23,27). The molecule has 1 heterocycles. The van der Waals surface area contributed by atoms with E-state index in [-0.39, 0.29) is 11.9 Å². The van der Waals surface area contributed by atoms with Crippen LogP contribution in [0.2, 0.25) is 0 Å². The van der Waals surface area contributed by atoms with Crippen LogP contribution in [0.15, 0.2) is 48.5 Å². The molecule has 1 aromatic heterocycles. The van der Waals surface area contributed by atoms with Crippen LogP contribution in [0.25, 0.3) is 0 Å². The number of rotatable bonds is 7. The summed E-state index contributed by atoms with van der Waals surface area (Å²) in [5.41, 5.74) is 2.74. The molecule has 0 bridgehead atoms. The highest BCUT2D eigenvalue weighted by Gasteiger charge is 2.24. The van der Waals surface area contributed by atoms with Crippen LogP contribution in [0, 0.1) is 6.92 Å². The van der Waals surface area contributed by atoms with E-state index in [9.17, 15) is 9.59 Å². The van der Waals surface area contributed by atoms with Gasteiger partial charge in [-0.15, -0.1) is 0 Å². The number of hydrogen-bond donors (Lipinski definition) is 1. The van der Waals surface area contributed by atoms with Crippen LogP contribution in [0.4, 0.5) is 4.79 Å². The first-order valence-corrected chi connectivity index (χ1v) is 9.13. The molecule has 1 aromatic carbocycles. The van der Waals surface area contributed by atoms with Crippen molar-refractivity contribution in [3.8, 4) is 0 Å². The Morgan fingerprint density at radius 1 is 1.04 bits per heavy atom. The van der Waals surface area contributed by atoms with Gasteiger partial charge >= 0.3 is 6.03 Å². The molecule has 1 N–H and O–H groups in total. The van der Waals surface area contributed by atoms with E-state index in [1.807, 2.05) is 62.4 Å². The van der Waals surface area contributed by atoms with Crippen LogP contribution in [0.1, 0.15) is 30.3 Å². The van der Waals surface area contributed by atoms with Gasteiger partial charge in [0.05, 0.1) is 12.2 Å². The average Bonchev–Trinajstić information content (AvgIpc) is 2.65. The smallest absolute Gasteiger partial charge is 0.318 e. The second-order valence-electron chi connectivity index (χ2n) is 6.75. The lowest BCUT2D eigenvalue weighted by Crippen LogP contribution is -2.50. The first-order chi connectivity index (χ1) is 12.9. The Kier molecular flexibility index (Phi) is 7.34. The molecule has 6 nitrogen and oxygen atoms in total. The maximum atomic E-state index is 12.9. The topological polar surface area (TPSA) is 65.5 Å². The molecule has 27 heavy (non-hydrogen) atoms. The fourth-order valence-corrected chi connectivity index (χ4v) is 2.78. The Morgan fingerprint density at radius 2 is 1.74 bits per heavy atom. The van der Waals surface area contributed by atoms with Crippen LogP contribution >= 0.6 is 0 Å². The molecule has 0 fully saturated rings. The van der Waals surface area contributed by atoms with Gasteiger partial charge in [-0.05, 0) is 31.0 Å². The number of likely N-dealkylation sites (N-methyl/N-ethyl adjacent to an activating group) is 1. The van der Waals surface area contributed by atoms with E-state index in [0.717, 1.165) is 17.0 Å². The van der Waals surface area contributed by atoms with Crippen LogP contribution in [-0.4, -0.2) is 46.9 Å². The lowest BCUT2D eigenvalue weighted by atomic mass is 10.2. The van der Waals surface area contributed by atoms with Gasteiger partial charge in [-0.25, -0.2) is 4.79 Å². The summed E-state index contributed by atoms with van der Waals surface area (Å²) in [6.45, 7) is 4.62. The highest BCUT2D eigenvalue weighted by Crippen LogP contribution is 2.11. The highest BCUT2D eigenvalue weighted by atomic mass is 16.2. The number of amides is 3. The van der Waals surface area contributed by atoms with Crippen molar-refractivity contribution >= 4 is 11.9 Å². The lowest BCUT2D eigenvalue weighted by molar-refractivity contribution is -0.130. The zero-order valence-electron chi connectivity index (χ0n) is 16.5. The number of aromatic nitrogens is 1. The molecule has 0 aliphatic rings. The van der Waals surface area contributed by atoms with Crippen molar-refractivity contribution in [1.29, 1.82) is 0 Å². The summed E-state index contributed by atoms with van der Waals surface area (Å²) in [5, 5.41) is 2.87. The van der Waals surface area contributed by atoms with E-state index in [4.69, 9.17) is 0 Å². The summed E-state index contributed by atoms with van der Waals surface area (Å²) in [7, 11) is 3.38. The molecular weight excluding hydrogens is 340 g/mol. The predicted molar refractivity (Wildman–Crippen MR) is 106 cm³/mol. The van der Waals surface area contributed by atoms with E-state index >= 15 is 0 Å². The number of nitrogens with one attached hydrogen (secondary N) is 1. The van der Waals surface area contributed by atoms with Gasteiger partial charge in [0.1, 0.15) is 6.04 Å². The van der Waals surface area contributed by atoms with Gasteiger partial charge in [-0.2, -0.15) is 0 Å². The van der Waals surface area contributed by atoms with Crippen molar-refractivity contribution in [2.24, 2.45) is 0 Å². The maximum absolute atomic E-state index is 12.9. The van der Waals surface area contributed by atoms with E-state index in [1.165, 1.54) is 4.90 Å². The predicted octanol–water partition coefficient (Wildman–Crippen LogP) is 2.97. The molecule has 0 saturated heterocycles. The Bertz CT molecular complexity index is 762. The molecule has 2 aromatic rings. The average molecular weight is 368 g/mol. The van der Waals surface area contributed by atoms with Gasteiger partial charge in [-0.3, -0.25) is 9.78 Å². The minimum absolute atomic E-state index is 0.112. The molecule has 1 unspecified atom stereocenters. The number of benzene rings is 1. The summed E-state index contributed by atoms with van der Waals surface area (Å²) in [5.74, 6) is -0.112. The van der Waals surface area contributed by atoms with Gasteiger partial charge in [0.15, 0.2) is 0 Å². The normalized spacial score (nSPS) is 11.6. The largest absolute Gasteiger partial charge is 0.347 e. The number of nitrogens with zero attached hydrogens (tertiary/aromatic N) is 3. The van der Waals surface area contributed by atoms with E-state index in [1.54, 1.807) is 19.0 Å². The van der Waals surface area contributed by atoms with Crippen molar-refractivity contribution in [3.63, 3.8) is 0 Å². The molecular formula is C21H28N4O2. The number of carbonyl (C=O) groups excluding carboxylic acids is 2. The summed E-state index contributed by atoms with van der Waals surface area (Å²) in [6.07, 6.45) is 0.532. The van der Waals surface area contributed by atoms with E-state index in [2.05, 4.69) is 10.3 Å². The van der Waals surface area contributed by atoms with Crippen LogP contribution in [0.5, 0.6) is 0 Å². The van der Waals surface area contributed by atoms with Crippen molar-refractivity contribution in [2.45, 2.75) is 39.4 Å². The third-order valence-electron chi connectivity index (χ3n) is 4.25. The number of urea groups is 1. The van der Waals surface area contributed by atoms with Crippen molar-refractivity contribution in [1.82, 2.24) is 20.1 Å². The second-order valence-corrected chi connectivity index (χ2v) is 6.75. The molecule has 6 heteroatoms. The maximum Gasteiger partial charge on any atom is 0.318 e. The fourth-order valence-electron chi connectivity index (χ4n) is 2.78. The third-order valence-corrected chi connectivity index (χ3v) is 4.25. The Hall–Kier alpha value is -2.89. The Labute approximate surface area is 161 Å². The Balaban J connectivity index is 2.19. The van der Waals surface area contributed by atoms with Gasteiger partial charge in [-0.1, -0.05) is 43.3 Å². The minimum atomic E-state index is -0.545. The Morgan fingerprint density at radius 3 is 2.33 bits per heavy atom. The zero-order chi connectivity index (χ0) is 19.8. The molecule has 0 saturated carbocycles. The molecule has 1 atom stereocenters. The molecule has 144 valence electrons. The van der Waals surface area contributed by atoms with Gasteiger partial charge in [0, 0.05) is 26.3 Å². The number of hydrogen-bond acceptors (Lipinski definition) is 3. The number of pyridine rings is 1. The number of carbonyl (C=O) groups is 2. The third kappa shape index (κ3) is 6.09. The molecule has 0 aliphatic heterocycles. The summed E-state index contributed by atoms with van der Waals surface area (Å²) < 4.78 is 0. The first-order valence-electron chi connectivity index (χ1n) is 9.13. The molecule has 0 spiro atoms. The second kappa shape index (κ2) is 9.71. The summed E-state index contributed by atoms with van der Waals surface area (Å²) in [6, 6.07) is 14.7. The molecule has 0 radical (unpaired) electrons. The molecule has 3 amide bonds.